The third-order valence-corrected chi connectivity index (χ3v) is 6.93. The van der Waals surface area contributed by atoms with E-state index >= 15 is 0 Å². The van der Waals surface area contributed by atoms with Crippen molar-refractivity contribution in [2.24, 2.45) is 0 Å². The number of nitrogen functional groups attached to an aromatic ring is 1. The van der Waals surface area contributed by atoms with Gasteiger partial charge in [-0.05, 0) is 46.2 Å². The van der Waals surface area contributed by atoms with Crippen LogP contribution in [0.4, 0.5) is 5.13 Å². The van der Waals surface area contributed by atoms with Crippen molar-refractivity contribution in [3.63, 3.8) is 0 Å². The minimum Gasteiger partial charge on any atom is -0.375 e. The van der Waals surface area contributed by atoms with Gasteiger partial charge in [-0.3, -0.25) is 0 Å². The van der Waals surface area contributed by atoms with Crippen molar-refractivity contribution in [2.45, 2.75) is 49.8 Å². The normalized spacial score (nSPS) is 20.8. The molecule has 1 aromatic rings. The van der Waals surface area contributed by atoms with Crippen LogP contribution in [-0.2, 0) is 10.0 Å². The van der Waals surface area contributed by atoms with E-state index in [2.05, 4.69) is 21.5 Å². The fourth-order valence-corrected chi connectivity index (χ4v) is 5.11. The summed E-state index contributed by atoms with van der Waals surface area (Å²) in [5.74, 6) is 0. The van der Waals surface area contributed by atoms with Crippen LogP contribution in [-0.4, -0.2) is 44.0 Å². The smallest absolute Gasteiger partial charge is 0.252 e. The van der Waals surface area contributed by atoms with Gasteiger partial charge in [0.05, 0.1) is 5.69 Å². The lowest BCUT2D eigenvalue weighted by atomic mass is 10.0. The SMILES string of the molecule is Cc1nc(N)sc1S(=O)(=O)NCCCN1CCCCC1C. The van der Waals surface area contributed by atoms with Crippen molar-refractivity contribution < 1.29 is 8.42 Å². The zero-order valence-corrected chi connectivity index (χ0v) is 14.3. The third-order valence-electron chi connectivity index (χ3n) is 3.87. The Morgan fingerprint density at radius 3 is 2.86 bits per heavy atom. The van der Waals surface area contributed by atoms with E-state index in [4.69, 9.17) is 5.73 Å². The number of nitrogens with two attached hydrogens (primary N) is 1. The van der Waals surface area contributed by atoms with Crippen molar-refractivity contribution in [1.29, 1.82) is 0 Å². The van der Waals surface area contributed by atoms with E-state index in [1.165, 1.54) is 19.3 Å². The molecule has 0 aromatic carbocycles. The molecule has 1 aliphatic rings. The molecule has 0 aliphatic carbocycles. The maximum absolute atomic E-state index is 12.2. The Hall–Kier alpha value is -0.700. The molecule has 2 rings (SSSR count). The Balaban J connectivity index is 1.81. The molecule has 21 heavy (non-hydrogen) atoms. The number of nitrogens with zero attached hydrogens (tertiary/aromatic N) is 2. The quantitative estimate of drug-likeness (QED) is 0.772. The molecule has 1 aromatic heterocycles. The summed E-state index contributed by atoms with van der Waals surface area (Å²) in [6, 6.07) is 0.610. The van der Waals surface area contributed by atoms with E-state index < -0.39 is 10.0 Å². The van der Waals surface area contributed by atoms with Crippen LogP contribution in [0.25, 0.3) is 0 Å². The molecule has 8 heteroatoms. The van der Waals surface area contributed by atoms with Crippen LogP contribution in [0.1, 0.15) is 38.3 Å². The summed E-state index contributed by atoms with van der Waals surface area (Å²) in [5, 5.41) is 0.287. The molecule has 120 valence electrons. The van der Waals surface area contributed by atoms with Gasteiger partial charge >= 0.3 is 0 Å². The lowest BCUT2D eigenvalue weighted by molar-refractivity contribution is 0.159. The molecule has 0 spiro atoms. The average molecular weight is 332 g/mol. The van der Waals surface area contributed by atoms with E-state index in [-0.39, 0.29) is 9.34 Å². The van der Waals surface area contributed by atoms with Gasteiger partial charge in [-0.15, -0.1) is 0 Å². The Bertz CT molecular complexity index is 571. The summed E-state index contributed by atoms with van der Waals surface area (Å²) in [6.07, 6.45) is 4.60. The molecule has 2 heterocycles. The second kappa shape index (κ2) is 7.04. The number of likely N-dealkylation sites (tertiary alicyclic amines) is 1. The summed E-state index contributed by atoms with van der Waals surface area (Å²) in [4.78, 5) is 6.40. The number of aryl methyl sites for hydroxylation is 1. The van der Waals surface area contributed by atoms with Crippen LogP contribution >= 0.6 is 11.3 Å². The summed E-state index contributed by atoms with van der Waals surface area (Å²) >= 11 is 1.01. The van der Waals surface area contributed by atoms with Gasteiger partial charge in [0.25, 0.3) is 10.0 Å². The predicted molar refractivity (Wildman–Crippen MR) is 86.0 cm³/mol. The molecule has 1 saturated heterocycles. The summed E-state index contributed by atoms with van der Waals surface area (Å²) in [6.45, 7) is 6.42. The second-order valence-electron chi connectivity index (χ2n) is 5.56. The highest BCUT2D eigenvalue weighted by molar-refractivity contribution is 7.91. The number of aromatic nitrogens is 1. The fraction of sp³-hybridized carbons (Fsp3) is 0.769. The van der Waals surface area contributed by atoms with Gasteiger partial charge < -0.3 is 10.6 Å². The van der Waals surface area contributed by atoms with E-state index in [0.717, 1.165) is 30.8 Å². The molecule has 0 saturated carbocycles. The Labute approximate surface area is 130 Å². The number of piperidine rings is 1. The van der Waals surface area contributed by atoms with Gasteiger partial charge in [-0.1, -0.05) is 17.8 Å². The number of nitrogens with one attached hydrogen (secondary N) is 1. The summed E-state index contributed by atoms with van der Waals surface area (Å²) in [7, 11) is -3.48. The van der Waals surface area contributed by atoms with Gasteiger partial charge in [0, 0.05) is 12.6 Å². The summed E-state index contributed by atoms with van der Waals surface area (Å²) in [5.41, 5.74) is 6.02. The van der Waals surface area contributed by atoms with Crippen molar-refractivity contribution in [1.82, 2.24) is 14.6 Å². The first kappa shape index (κ1) is 16.7. The van der Waals surface area contributed by atoms with E-state index in [9.17, 15) is 8.42 Å². The maximum atomic E-state index is 12.2. The molecule has 1 aliphatic heterocycles. The number of hydrogen-bond acceptors (Lipinski definition) is 6. The predicted octanol–water partition coefficient (Wildman–Crippen LogP) is 1.58. The van der Waals surface area contributed by atoms with Crippen LogP contribution in [0.5, 0.6) is 0 Å². The molecule has 3 N–H and O–H groups in total. The van der Waals surface area contributed by atoms with Gasteiger partial charge in [0.2, 0.25) is 0 Å². The first-order valence-corrected chi connectivity index (χ1v) is 9.67. The Kier molecular flexibility index (Phi) is 5.59. The molecule has 1 fully saturated rings. The lowest BCUT2D eigenvalue weighted by Gasteiger charge is -2.33. The number of anilines is 1. The van der Waals surface area contributed by atoms with Crippen molar-refractivity contribution in [3.8, 4) is 0 Å². The zero-order valence-electron chi connectivity index (χ0n) is 12.6. The molecular formula is C13H24N4O2S2. The standard InChI is InChI=1S/C13H24N4O2S2/c1-10-6-3-4-8-17(10)9-5-7-15-21(18,19)12-11(2)16-13(14)20-12/h10,15H,3-9H2,1-2H3,(H2,14,16). The van der Waals surface area contributed by atoms with Gasteiger partial charge in [-0.2, -0.15) is 0 Å². The van der Waals surface area contributed by atoms with Gasteiger partial charge in [-0.25, -0.2) is 18.1 Å². The van der Waals surface area contributed by atoms with Crippen molar-refractivity contribution >= 4 is 26.5 Å². The molecule has 1 atom stereocenters. The van der Waals surface area contributed by atoms with E-state index in [1.807, 2.05) is 0 Å². The molecular weight excluding hydrogens is 308 g/mol. The second-order valence-corrected chi connectivity index (χ2v) is 8.55. The van der Waals surface area contributed by atoms with Crippen molar-refractivity contribution in [3.05, 3.63) is 5.69 Å². The maximum Gasteiger partial charge on any atom is 0.252 e. The Morgan fingerprint density at radius 2 is 2.24 bits per heavy atom. The molecule has 0 radical (unpaired) electrons. The average Bonchev–Trinajstić information content (AvgIpc) is 2.76. The number of sulfonamides is 1. The molecule has 6 nitrogen and oxygen atoms in total. The first-order chi connectivity index (χ1) is 9.90. The highest BCUT2D eigenvalue weighted by Gasteiger charge is 2.21. The van der Waals surface area contributed by atoms with Crippen LogP contribution in [0.2, 0.25) is 0 Å². The van der Waals surface area contributed by atoms with E-state index in [1.54, 1.807) is 6.92 Å². The first-order valence-electron chi connectivity index (χ1n) is 7.37. The van der Waals surface area contributed by atoms with Gasteiger partial charge in [0.1, 0.15) is 0 Å². The van der Waals surface area contributed by atoms with Crippen LogP contribution in [0.15, 0.2) is 4.21 Å². The lowest BCUT2D eigenvalue weighted by Crippen LogP contribution is -2.39. The fourth-order valence-electron chi connectivity index (χ4n) is 2.70. The van der Waals surface area contributed by atoms with Crippen LogP contribution in [0, 0.1) is 6.92 Å². The van der Waals surface area contributed by atoms with Crippen LogP contribution < -0.4 is 10.5 Å². The number of thiazole rings is 1. The Morgan fingerprint density at radius 1 is 1.48 bits per heavy atom. The number of hydrogen-bond donors (Lipinski definition) is 2. The highest BCUT2D eigenvalue weighted by Crippen LogP contribution is 2.24. The molecule has 1 unspecified atom stereocenters. The van der Waals surface area contributed by atoms with E-state index in [0.29, 0.717) is 18.3 Å². The largest absolute Gasteiger partial charge is 0.375 e. The van der Waals surface area contributed by atoms with Crippen LogP contribution in [0.3, 0.4) is 0 Å². The molecule has 0 bridgehead atoms. The summed E-state index contributed by atoms with van der Waals surface area (Å²) < 4.78 is 27.2. The monoisotopic (exact) mass is 332 g/mol. The molecule has 0 amide bonds. The minimum absolute atomic E-state index is 0.228. The van der Waals surface area contributed by atoms with Crippen molar-refractivity contribution in [2.75, 3.05) is 25.4 Å². The topological polar surface area (TPSA) is 88.3 Å². The third kappa shape index (κ3) is 4.38. The zero-order chi connectivity index (χ0) is 15.5. The number of rotatable bonds is 6. The minimum atomic E-state index is -3.48. The van der Waals surface area contributed by atoms with Gasteiger partial charge in [0.15, 0.2) is 9.34 Å². The highest BCUT2D eigenvalue weighted by atomic mass is 32.2.